The lowest BCUT2D eigenvalue weighted by atomic mass is 10.0. The average molecular weight is 543 g/mol. The van der Waals surface area contributed by atoms with Gasteiger partial charge in [0.2, 0.25) is 5.91 Å². The zero-order chi connectivity index (χ0) is 27.9. The molecule has 9 heteroatoms. The average Bonchev–Trinajstić information content (AvgIpc) is 2.90. The van der Waals surface area contributed by atoms with Crippen LogP contribution in [0.4, 0.5) is 17.1 Å². The van der Waals surface area contributed by atoms with E-state index in [1.807, 2.05) is 63.2 Å². The van der Waals surface area contributed by atoms with Gasteiger partial charge in [0.05, 0.1) is 33.2 Å². The van der Waals surface area contributed by atoms with Crippen LogP contribution in [0.15, 0.2) is 54.9 Å². The molecule has 0 aliphatic carbocycles. The van der Waals surface area contributed by atoms with E-state index in [0.29, 0.717) is 57.3 Å². The number of anilines is 3. The SMILES string of the molecule is Cc1cc2ncc(C#N)c(Nc3ccc(OCc4ncccc4C)cc3Cl)c2cc1NC(=O)CCCN(C)C. The largest absolute Gasteiger partial charge is 0.487 e. The van der Waals surface area contributed by atoms with Crippen molar-refractivity contribution in [2.75, 3.05) is 31.3 Å². The van der Waals surface area contributed by atoms with Crippen molar-refractivity contribution < 1.29 is 9.53 Å². The van der Waals surface area contributed by atoms with Crippen LogP contribution in [0.3, 0.4) is 0 Å². The number of aryl methyl sites for hydroxylation is 2. The molecule has 0 saturated carbocycles. The first-order valence-electron chi connectivity index (χ1n) is 12.6. The first-order chi connectivity index (χ1) is 18.7. The highest BCUT2D eigenvalue weighted by molar-refractivity contribution is 6.33. The molecule has 39 heavy (non-hydrogen) atoms. The Balaban J connectivity index is 1.58. The minimum atomic E-state index is -0.0577. The van der Waals surface area contributed by atoms with Crippen molar-refractivity contribution in [3.05, 3.63) is 82.3 Å². The molecule has 0 bridgehead atoms. The molecule has 0 spiro atoms. The molecular formula is C30H31ClN6O2. The topological polar surface area (TPSA) is 103 Å². The van der Waals surface area contributed by atoms with E-state index < -0.39 is 0 Å². The second-order valence-electron chi connectivity index (χ2n) is 9.62. The van der Waals surface area contributed by atoms with Gasteiger partial charge in [0.25, 0.3) is 0 Å². The van der Waals surface area contributed by atoms with Crippen LogP contribution in [0.25, 0.3) is 10.9 Å². The first-order valence-corrected chi connectivity index (χ1v) is 13.0. The van der Waals surface area contributed by atoms with Gasteiger partial charge in [-0.05, 0) is 82.4 Å². The number of amides is 1. The number of halogens is 1. The monoisotopic (exact) mass is 542 g/mol. The minimum absolute atomic E-state index is 0.0577. The number of fused-ring (bicyclic) bond motifs is 1. The van der Waals surface area contributed by atoms with Crippen molar-refractivity contribution in [1.82, 2.24) is 14.9 Å². The zero-order valence-electron chi connectivity index (χ0n) is 22.5. The maximum absolute atomic E-state index is 12.6. The number of aromatic nitrogens is 2. The standard InChI is InChI=1S/C30H31ClN6O2/c1-19-7-5-11-33-28(19)18-39-22-9-10-25(24(31)14-22)36-30-21(16-32)17-34-27-13-20(2)26(15-23(27)30)35-29(38)8-6-12-37(3)4/h5,7,9-11,13-15,17H,6,8,12,18H2,1-4H3,(H,34,36)(H,35,38). The summed E-state index contributed by atoms with van der Waals surface area (Å²) in [5, 5.41) is 17.3. The zero-order valence-corrected chi connectivity index (χ0v) is 23.3. The van der Waals surface area contributed by atoms with Crippen molar-refractivity contribution in [3.8, 4) is 11.8 Å². The number of nitriles is 1. The van der Waals surface area contributed by atoms with Gasteiger partial charge in [-0.2, -0.15) is 5.26 Å². The van der Waals surface area contributed by atoms with Gasteiger partial charge in [-0.25, -0.2) is 0 Å². The van der Waals surface area contributed by atoms with Crippen LogP contribution in [0.1, 0.15) is 35.2 Å². The molecule has 0 saturated heterocycles. The summed E-state index contributed by atoms with van der Waals surface area (Å²) < 4.78 is 5.90. The Kier molecular flexibility index (Phi) is 8.97. The molecule has 0 aliphatic rings. The van der Waals surface area contributed by atoms with E-state index in [4.69, 9.17) is 16.3 Å². The van der Waals surface area contributed by atoms with Crippen LogP contribution in [-0.4, -0.2) is 41.4 Å². The third kappa shape index (κ3) is 7.02. The quantitative estimate of drug-likeness (QED) is 0.240. The van der Waals surface area contributed by atoms with Gasteiger partial charge in [-0.15, -0.1) is 0 Å². The lowest BCUT2D eigenvalue weighted by Crippen LogP contribution is -2.17. The first kappa shape index (κ1) is 27.8. The fraction of sp³-hybridized carbons (Fsp3) is 0.267. The molecule has 2 N–H and O–H groups in total. The highest BCUT2D eigenvalue weighted by atomic mass is 35.5. The molecule has 0 atom stereocenters. The van der Waals surface area contributed by atoms with Gasteiger partial charge in [0.15, 0.2) is 0 Å². The van der Waals surface area contributed by atoms with Crippen LogP contribution >= 0.6 is 11.6 Å². The summed E-state index contributed by atoms with van der Waals surface area (Å²) in [6, 6.07) is 15.2. The van der Waals surface area contributed by atoms with Gasteiger partial charge < -0.3 is 20.3 Å². The molecule has 2 aromatic heterocycles. The van der Waals surface area contributed by atoms with Gasteiger partial charge in [0.1, 0.15) is 18.4 Å². The van der Waals surface area contributed by atoms with E-state index in [1.54, 1.807) is 18.3 Å². The molecule has 0 fully saturated rings. The Morgan fingerprint density at radius 3 is 2.64 bits per heavy atom. The molecule has 2 aromatic carbocycles. The molecule has 0 unspecified atom stereocenters. The van der Waals surface area contributed by atoms with E-state index in [9.17, 15) is 10.1 Å². The van der Waals surface area contributed by atoms with Crippen molar-refractivity contribution >= 4 is 45.5 Å². The number of carbonyl (C=O) groups is 1. The Labute approximate surface area is 233 Å². The lowest BCUT2D eigenvalue weighted by molar-refractivity contribution is -0.116. The van der Waals surface area contributed by atoms with Crippen molar-refractivity contribution in [3.63, 3.8) is 0 Å². The second-order valence-corrected chi connectivity index (χ2v) is 10.0. The fourth-order valence-electron chi connectivity index (χ4n) is 4.11. The summed E-state index contributed by atoms with van der Waals surface area (Å²) in [5.74, 6) is 0.545. The number of rotatable bonds is 10. The van der Waals surface area contributed by atoms with Gasteiger partial charge in [-0.3, -0.25) is 14.8 Å². The Hall–Kier alpha value is -4.19. The second kappa shape index (κ2) is 12.6. The maximum Gasteiger partial charge on any atom is 0.224 e. The molecular weight excluding hydrogens is 512 g/mol. The molecule has 200 valence electrons. The Bertz CT molecular complexity index is 1550. The predicted molar refractivity (Wildman–Crippen MR) is 156 cm³/mol. The van der Waals surface area contributed by atoms with E-state index in [0.717, 1.165) is 29.8 Å². The summed E-state index contributed by atoms with van der Waals surface area (Å²) in [6.45, 7) is 5.07. The summed E-state index contributed by atoms with van der Waals surface area (Å²) in [4.78, 5) is 23.4. The van der Waals surface area contributed by atoms with Crippen molar-refractivity contribution in [2.24, 2.45) is 0 Å². The molecule has 4 aromatic rings. The Morgan fingerprint density at radius 2 is 1.92 bits per heavy atom. The number of nitrogens with one attached hydrogen (secondary N) is 2. The fourth-order valence-corrected chi connectivity index (χ4v) is 4.33. The lowest BCUT2D eigenvalue weighted by Gasteiger charge is -2.16. The Morgan fingerprint density at radius 1 is 1.10 bits per heavy atom. The molecule has 4 rings (SSSR count). The van der Waals surface area contributed by atoms with Crippen LogP contribution in [0.5, 0.6) is 5.75 Å². The summed E-state index contributed by atoms with van der Waals surface area (Å²) in [5.41, 5.74) is 5.69. The molecule has 8 nitrogen and oxygen atoms in total. The third-order valence-electron chi connectivity index (χ3n) is 6.31. The van der Waals surface area contributed by atoms with Crippen LogP contribution in [0.2, 0.25) is 5.02 Å². The molecule has 0 aliphatic heterocycles. The van der Waals surface area contributed by atoms with Crippen molar-refractivity contribution in [1.29, 1.82) is 5.26 Å². The number of benzene rings is 2. The van der Waals surface area contributed by atoms with Gasteiger partial charge in [0, 0.05) is 36.0 Å². The van der Waals surface area contributed by atoms with Crippen LogP contribution in [0, 0.1) is 25.2 Å². The maximum atomic E-state index is 12.6. The van der Waals surface area contributed by atoms with Gasteiger partial charge >= 0.3 is 0 Å². The van der Waals surface area contributed by atoms with E-state index >= 15 is 0 Å². The number of pyridine rings is 2. The summed E-state index contributed by atoms with van der Waals surface area (Å²) >= 11 is 6.62. The summed E-state index contributed by atoms with van der Waals surface area (Å²) in [6.07, 6.45) is 4.45. The summed E-state index contributed by atoms with van der Waals surface area (Å²) in [7, 11) is 3.96. The number of carbonyl (C=O) groups excluding carboxylic acids is 1. The number of hydrogen-bond donors (Lipinski definition) is 2. The third-order valence-corrected chi connectivity index (χ3v) is 6.62. The van der Waals surface area contributed by atoms with E-state index in [1.165, 1.54) is 6.20 Å². The van der Waals surface area contributed by atoms with E-state index in [-0.39, 0.29) is 5.91 Å². The number of nitrogens with zero attached hydrogens (tertiary/aromatic N) is 4. The van der Waals surface area contributed by atoms with Crippen LogP contribution in [-0.2, 0) is 11.4 Å². The molecule has 1 amide bonds. The van der Waals surface area contributed by atoms with Crippen molar-refractivity contribution in [2.45, 2.75) is 33.3 Å². The number of ether oxygens (including phenoxy) is 1. The predicted octanol–water partition coefficient (Wildman–Crippen LogP) is 6.37. The normalized spacial score (nSPS) is 10.9. The van der Waals surface area contributed by atoms with Gasteiger partial charge in [-0.1, -0.05) is 17.7 Å². The van der Waals surface area contributed by atoms with Crippen LogP contribution < -0.4 is 15.4 Å². The molecule has 0 radical (unpaired) electrons. The minimum Gasteiger partial charge on any atom is -0.487 e. The highest BCUT2D eigenvalue weighted by Crippen LogP contribution is 2.36. The van der Waals surface area contributed by atoms with E-state index in [2.05, 4.69) is 26.7 Å². The highest BCUT2D eigenvalue weighted by Gasteiger charge is 2.15. The molecule has 2 heterocycles. The smallest absolute Gasteiger partial charge is 0.224 e. The number of hydrogen-bond acceptors (Lipinski definition) is 7.